The number of piperidine rings is 1. The van der Waals surface area contributed by atoms with Crippen LogP contribution in [0.25, 0.3) is 0 Å². The van der Waals surface area contributed by atoms with Crippen LogP contribution in [0.2, 0.25) is 0 Å². The van der Waals surface area contributed by atoms with Crippen LogP contribution in [-0.4, -0.2) is 62.8 Å². The van der Waals surface area contributed by atoms with Gasteiger partial charge in [0.15, 0.2) is 5.96 Å². The lowest BCUT2D eigenvalue weighted by atomic mass is 9.97. The van der Waals surface area contributed by atoms with E-state index in [1.165, 1.54) is 45.3 Å². The van der Waals surface area contributed by atoms with Crippen molar-refractivity contribution in [2.75, 3.05) is 46.4 Å². The van der Waals surface area contributed by atoms with Gasteiger partial charge in [0.1, 0.15) is 0 Å². The second kappa shape index (κ2) is 10.7. The number of rotatable bonds is 6. The SMILES string of the molecule is CCCN1CCC(CNC(=NC)NCC2(C)CCCO2)CC1.I. The normalized spacial score (nSPS) is 26.8. The highest BCUT2D eigenvalue weighted by Crippen LogP contribution is 2.23. The molecule has 0 aromatic carbocycles. The Hall–Kier alpha value is -0.0800. The van der Waals surface area contributed by atoms with Crippen LogP contribution in [0.5, 0.6) is 0 Å². The summed E-state index contributed by atoms with van der Waals surface area (Å²) in [6, 6.07) is 0. The summed E-state index contributed by atoms with van der Waals surface area (Å²) in [6.45, 7) is 10.9. The van der Waals surface area contributed by atoms with E-state index in [4.69, 9.17) is 4.74 Å². The summed E-state index contributed by atoms with van der Waals surface area (Å²) in [6.07, 6.45) is 6.16. The Labute approximate surface area is 159 Å². The van der Waals surface area contributed by atoms with Gasteiger partial charge in [-0.3, -0.25) is 4.99 Å². The number of halogens is 1. The fourth-order valence-electron chi connectivity index (χ4n) is 3.44. The highest BCUT2D eigenvalue weighted by Gasteiger charge is 2.29. The van der Waals surface area contributed by atoms with E-state index in [-0.39, 0.29) is 29.6 Å². The fraction of sp³-hybridized carbons (Fsp3) is 0.941. The Morgan fingerprint density at radius 1 is 1.30 bits per heavy atom. The first-order chi connectivity index (χ1) is 10.6. The van der Waals surface area contributed by atoms with Crippen LogP contribution in [0.3, 0.4) is 0 Å². The number of aliphatic imine (C=N–C) groups is 1. The smallest absolute Gasteiger partial charge is 0.191 e. The molecule has 136 valence electrons. The molecular weight excluding hydrogens is 403 g/mol. The molecule has 2 saturated heterocycles. The van der Waals surface area contributed by atoms with Gasteiger partial charge in [0.2, 0.25) is 0 Å². The molecule has 2 aliphatic heterocycles. The molecule has 0 saturated carbocycles. The highest BCUT2D eigenvalue weighted by atomic mass is 127. The number of likely N-dealkylation sites (tertiary alicyclic amines) is 1. The zero-order valence-electron chi connectivity index (χ0n) is 15.1. The third kappa shape index (κ3) is 7.13. The summed E-state index contributed by atoms with van der Waals surface area (Å²) in [5.74, 6) is 1.68. The fourth-order valence-corrected chi connectivity index (χ4v) is 3.44. The maximum absolute atomic E-state index is 5.81. The molecule has 23 heavy (non-hydrogen) atoms. The van der Waals surface area contributed by atoms with Crippen molar-refractivity contribution >= 4 is 29.9 Å². The van der Waals surface area contributed by atoms with Crippen molar-refractivity contribution in [1.82, 2.24) is 15.5 Å². The number of guanidine groups is 1. The monoisotopic (exact) mass is 438 g/mol. The molecule has 1 unspecified atom stereocenters. The molecule has 2 heterocycles. The molecule has 1 atom stereocenters. The van der Waals surface area contributed by atoms with Gasteiger partial charge in [0.05, 0.1) is 5.60 Å². The van der Waals surface area contributed by atoms with Crippen LogP contribution in [0.1, 0.15) is 46.0 Å². The predicted molar refractivity (Wildman–Crippen MR) is 108 cm³/mol. The third-order valence-electron chi connectivity index (χ3n) is 4.96. The van der Waals surface area contributed by atoms with Gasteiger partial charge >= 0.3 is 0 Å². The number of hydrogen-bond donors (Lipinski definition) is 2. The molecule has 0 aromatic heterocycles. The van der Waals surface area contributed by atoms with E-state index in [1.54, 1.807) is 0 Å². The van der Waals surface area contributed by atoms with Crippen LogP contribution in [0, 0.1) is 5.92 Å². The zero-order chi connectivity index (χ0) is 15.8. The molecule has 0 aliphatic carbocycles. The van der Waals surface area contributed by atoms with E-state index in [2.05, 4.69) is 34.4 Å². The topological polar surface area (TPSA) is 48.9 Å². The molecule has 0 spiro atoms. The molecule has 6 heteroatoms. The first-order valence-corrected chi connectivity index (χ1v) is 8.96. The Kier molecular flexibility index (Phi) is 9.77. The Bertz CT molecular complexity index is 351. The number of ether oxygens (including phenoxy) is 1. The summed E-state index contributed by atoms with van der Waals surface area (Å²) < 4.78 is 5.81. The van der Waals surface area contributed by atoms with E-state index in [0.29, 0.717) is 0 Å². The minimum absolute atomic E-state index is 0. The molecule has 5 nitrogen and oxygen atoms in total. The largest absolute Gasteiger partial charge is 0.373 e. The summed E-state index contributed by atoms with van der Waals surface area (Å²) in [4.78, 5) is 6.92. The second-order valence-electron chi connectivity index (χ2n) is 6.99. The van der Waals surface area contributed by atoms with Gasteiger partial charge < -0.3 is 20.3 Å². The van der Waals surface area contributed by atoms with Gasteiger partial charge in [-0.15, -0.1) is 24.0 Å². The van der Waals surface area contributed by atoms with Crippen LogP contribution < -0.4 is 10.6 Å². The quantitative estimate of drug-likeness (QED) is 0.380. The Morgan fingerprint density at radius 2 is 2.04 bits per heavy atom. The van der Waals surface area contributed by atoms with E-state index < -0.39 is 0 Å². The zero-order valence-corrected chi connectivity index (χ0v) is 17.4. The van der Waals surface area contributed by atoms with Crippen molar-refractivity contribution in [2.45, 2.75) is 51.6 Å². The van der Waals surface area contributed by atoms with Crippen molar-refractivity contribution in [3.63, 3.8) is 0 Å². The standard InChI is InChI=1S/C17H34N4O.HI/c1-4-9-21-10-6-15(7-11-21)13-19-16(18-3)20-14-17(2)8-5-12-22-17;/h15H,4-14H2,1-3H3,(H2,18,19,20);1H. The van der Waals surface area contributed by atoms with Gasteiger partial charge in [-0.1, -0.05) is 6.92 Å². The van der Waals surface area contributed by atoms with E-state index in [0.717, 1.165) is 38.0 Å². The minimum Gasteiger partial charge on any atom is -0.373 e. The van der Waals surface area contributed by atoms with Crippen molar-refractivity contribution < 1.29 is 4.74 Å². The van der Waals surface area contributed by atoms with Crippen LogP contribution >= 0.6 is 24.0 Å². The molecule has 2 aliphatic rings. The summed E-state index contributed by atoms with van der Waals surface area (Å²) in [5, 5.41) is 6.92. The predicted octanol–water partition coefficient (Wildman–Crippen LogP) is 2.46. The summed E-state index contributed by atoms with van der Waals surface area (Å²) >= 11 is 0. The summed E-state index contributed by atoms with van der Waals surface area (Å²) in [7, 11) is 1.84. The van der Waals surface area contributed by atoms with Crippen LogP contribution in [0.4, 0.5) is 0 Å². The number of nitrogens with zero attached hydrogens (tertiary/aromatic N) is 2. The number of hydrogen-bond acceptors (Lipinski definition) is 3. The average molecular weight is 438 g/mol. The maximum Gasteiger partial charge on any atom is 0.191 e. The highest BCUT2D eigenvalue weighted by molar-refractivity contribution is 14.0. The number of nitrogens with one attached hydrogen (secondary N) is 2. The molecule has 0 aromatic rings. The second-order valence-corrected chi connectivity index (χ2v) is 6.99. The lowest BCUT2D eigenvalue weighted by molar-refractivity contribution is 0.0242. The Morgan fingerprint density at radius 3 is 2.61 bits per heavy atom. The van der Waals surface area contributed by atoms with Crippen LogP contribution in [0.15, 0.2) is 4.99 Å². The molecule has 2 N–H and O–H groups in total. The third-order valence-corrected chi connectivity index (χ3v) is 4.96. The minimum atomic E-state index is -0.0247. The van der Waals surface area contributed by atoms with Crippen molar-refractivity contribution in [3.05, 3.63) is 0 Å². The average Bonchev–Trinajstić information content (AvgIpc) is 2.96. The van der Waals surface area contributed by atoms with Gasteiger partial charge in [0.25, 0.3) is 0 Å². The first kappa shape index (κ1) is 21.0. The van der Waals surface area contributed by atoms with E-state index in [9.17, 15) is 0 Å². The van der Waals surface area contributed by atoms with Gasteiger partial charge in [0, 0.05) is 26.7 Å². The first-order valence-electron chi connectivity index (χ1n) is 8.96. The van der Waals surface area contributed by atoms with E-state index in [1.807, 2.05) is 7.05 Å². The summed E-state index contributed by atoms with van der Waals surface area (Å²) in [5.41, 5.74) is -0.0247. The molecule has 2 rings (SSSR count). The van der Waals surface area contributed by atoms with Gasteiger partial charge in [-0.2, -0.15) is 0 Å². The molecule has 0 amide bonds. The van der Waals surface area contributed by atoms with Crippen LogP contribution in [-0.2, 0) is 4.74 Å². The molecule has 2 fully saturated rings. The molecule has 0 radical (unpaired) electrons. The van der Waals surface area contributed by atoms with E-state index >= 15 is 0 Å². The lowest BCUT2D eigenvalue weighted by Crippen LogP contribution is -2.47. The van der Waals surface area contributed by atoms with Gasteiger partial charge in [-0.25, -0.2) is 0 Å². The van der Waals surface area contributed by atoms with Crippen molar-refractivity contribution in [3.8, 4) is 0 Å². The molecule has 0 bridgehead atoms. The maximum atomic E-state index is 5.81. The van der Waals surface area contributed by atoms with Gasteiger partial charge in [-0.05, 0) is 64.6 Å². The van der Waals surface area contributed by atoms with Crippen molar-refractivity contribution in [2.24, 2.45) is 10.9 Å². The lowest BCUT2D eigenvalue weighted by Gasteiger charge is -2.32. The Balaban J connectivity index is 0.00000264. The van der Waals surface area contributed by atoms with Crippen molar-refractivity contribution in [1.29, 1.82) is 0 Å². The molecular formula is C17H35IN4O.